The fourth-order valence-electron chi connectivity index (χ4n) is 2.76. The molecule has 2 amide bonds. The van der Waals surface area contributed by atoms with Crippen molar-refractivity contribution in [3.05, 3.63) is 65.7 Å². The molecule has 2 aromatic rings. The van der Waals surface area contributed by atoms with Gasteiger partial charge >= 0.3 is 5.97 Å². The van der Waals surface area contributed by atoms with Gasteiger partial charge in [0.25, 0.3) is 0 Å². The zero-order valence-corrected chi connectivity index (χ0v) is 17.1. The molecule has 0 radical (unpaired) electrons. The molecule has 0 aromatic heterocycles. The molecule has 0 unspecified atom stereocenters. The van der Waals surface area contributed by atoms with Crippen LogP contribution in [-0.2, 0) is 27.2 Å². The number of carboxylic acids is 1. The first kappa shape index (κ1) is 23.2. The molecule has 0 aliphatic heterocycles. The molecule has 6 N–H and O–H groups in total. The van der Waals surface area contributed by atoms with E-state index in [0.717, 1.165) is 5.56 Å². The summed E-state index contributed by atoms with van der Waals surface area (Å²) in [5.74, 6) is -2.25. The second kappa shape index (κ2) is 11.2. The first-order valence-electron chi connectivity index (χ1n) is 9.32. The number of aromatic hydroxyl groups is 1. The Morgan fingerprint density at radius 1 is 0.867 bits per heavy atom. The van der Waals surface area contributed by atoms with E-state index in [-0.39, 0.29) is 24.3 Å². The number of aliphatic carboxylic acids is 1. The van der Waals surface area contributed by atoms with Crippen LogP contribution in [0.15, 0.2) is 54.6 Å². The van der Waals surface area contributed by atoms with E-state index in [4.69, 9.17) is 5.73 Å². The summed E-state index contributed by atoms with van der Waals surface area (Å²) in [6.07, 6.45) is 0.187. The quantitative estimate of drug-likeness (QED) is 0.302. The van der Waals surface area contributed by atoms with E-state index in [1.54, 1.807) is 36.4 Å². The minimum atomic E-state index is -1.19. The Labute approximate surface area is 179 Å². The molecule has 2 rings (SSSR count). The fraction of sp³-hybridized carbons (Fsp3) is 0.286. The monoisotopic (exact) mass is 431 g/mol. The SMILES string of the molecule is N[C@@H](CS)C(=O)N[C@@H](Cc1ccc(O)cc1)C(=O)N[C@@H](Cc1ccccc1)C(=O)O. The number of hydrogen-bond acceptors (Lipinski definition) is 6. The van der Waals surface area contributed by atoms with Crippen molar-refractivity contribution in [3.63, 3.8) is 0 Å². The number of rotatable bonds is 10. The van der Waals surface area contributed by atoms with Gasteiger partial charge in [0.05, 0.1) is 6.04 Å². The summed E-state index contributed by atoms with van der Waals surface area (Å²) in [6, 6.07) is 11.9. The molecule has 0 aliphatic carbocycles. The molecule has 0 heterocycles. The average molecular weight is 432 g/mol. The smallest absolute Gasteiger partial charge is 0.326 e. The number of carbonyl (C=O) groups is 3. The van der Waals surface area contributed by atoms with E-state index in [1.165, 1.54) is 12.1 Å². The standard InChI is InChI=1S/C21H25N3O5S/c22-16(12-30)19(26)23-17(10-14-6-8-15(25)9-7-14)20(27)24-18(21(28)29)11-13-4-2-1-3-5-13/h1-9,16-18,25,30H,10-12,22H2,(H,23,26)(H,24,27)(H,28,29)/t16-,17-,18-/m0/s1. The highest BCUT2D eigenvalue weighted by Gasteiger charge is 2.28. The highest BCUT2D eigenvalue weighted by atomic mass is 32.1. The molecule has 160 valence electrons. The van der Waals surface area contributed by atoms with Gasteiger partial charge in [0.15, 0.2) is 0 Å². The maximum atomic E-state index is 12.9. The summed E-state index contributed by atoms with van der Waals surface area (Å²) in [7, 11) is 0. The van der Waals surface area contributed by atoms with Crippen LogP contribution in [0.1, 0.15) is 11.1 Å². The van der Waals surface area contributed by atoms with E-state index in [9.17, 15) is 24.6 Å². The Hall–Kier alpha value is -3.04. The van der Waals surface area contributed by atoms with Gasteiger partial charge in [-0.3, -0.25) is 9.59 Å². The maximum absolute atomic E-state index is 12.9. The van der Waals surface area contributed by atoms with Crippen LogP contribution in [0, 0.1) is 0 Å². The van der Waals surface area contributed by atoms with Crippen molar-refractivity contribution in [2.75, 3.05) is 5.75 Å². The Morgan fingerprint density at radius 2 is 1.40 bits per heavy atom. The van der Waals surface area contributed by atoms with Gasteiger partial charge in [-0.25, -0.2) is 4.79 Å². The lowest BCUT2D eigenvalue weighted by atomic mass is 10.0. The largest absolute Gasteiger partial charge is 0.508 e. The summed E-state index contributed by atoms with van der Waals surface area (Å²) < 4.78 is 0. The van der Waals surface area contributed by atoms with Crippen molar-refractivity contribution in [2.24, 2.45) is 5.73 Å². The van der Waals surface area contributed by atoms with Gasteiger partial charge in [0.2, 0.25) is 11.8 Å². The molecule has 9 heteroatoms. The van der Waals surface area contributed by atoms with E-state index in [1.807, 2.05) is 6.07 Å². The lowest BCUT2D eigenvalue weighted by Crippen LogP contribution is -2.55. The predicted molar refractivity (Wildman–Crippen MR) is 115 cm³/mol. The van der Waals surface area contributed by atoms with Crippen LogP contribution in [0.5, 0.6) is 5.75 Å². The highest BCUT2D eigenvalue weighted by molar-refractivity contribution is 7.80. The molecule has 0 bridgehead atoms. The molecule has 3 atom stereocenters. The fourth-order valence-corrected chi connectivity index (χ4v) is 2.93. The Kier molecular flexibility index (Phi) is 8.70. The van der Waals surface area contributed by atoms with Gasteiger partial charge in [-0.05, 0) is 23.3 Å². The summed E-state index contributed by atoms with van der Waals surface area (Å²) in [5.41, 5.74) is 7.10. The number of nitrogens with one attached hydrogen (secondary N) is 2. The number of phenolic OH excluding ortho intramolecular Hbond substituents is 1. The van der Waals surface area contributed by atoms with Crippen molar-refractivity contribution in [1.29, 1.82) is 0 Å². The lowest BCUT2D eigenvalue weighted by molar-refractivity contribution is -0.142. The molecule has 0 saturated heterocycles. The molecule has 8 nitrogen and oxygen atoms in total. The average Bonchev–Trinajstić information content (AvgIpc) is 2.74. The van der Waals surface area contributed by atoms with Gasteiger partial charge in [-0.15, -0.1) is 0 Å². The second-order valence-corrected chi connectivity index (χ2v) is 7.18. The Bertz CT molecular complexity index is 861. The summed E-state index contributed by atoms with van der Waals surface area (Å²) >= 11 is 3.99. The van der Waals surface area contributed by atoms with E-state index < -0.39 is 35.9 Å². The Morgan fingerprint density at radius 3 is 1.97 bits per heavy atom. The van der Waals surface area contributed by atoms with Gasteiger partial charge in [0, 0.05) is 18.6 Å². The van der Waals surface area contributed by atoms with Crippen LogP contribution in [0.25, 0.3) is 0 Å². The predicted octanol–water partition coefficient (Wildman–Crippen LogP) is 0.489. The number of carbonyl (C=O) groups excluding carboxylic acids is 2. The van der Waals surface area contributed by atoms with Crippen molar-refractivity contribution in [3.8, 4) is 5.75 Å². The topological polar surface area (TPSA) is 142 Å². The molecule has 2 aromatic carbocycles. The highest BCUT2D eigenvalue weighted by Crippen LogP contribution is 2.12. The van der Waals surface area contributed by atoms with Crippen LogP contribution in [0.2, 0.25) is 0 Å². The minimum Gasteiger partial charge on any atom is -0.508 e. The van der Waals surface area contributed by atoms with Crippen molar-refractivity contribution >= 4 is 30.4 Å². The normalized spacial score (nSPS) is 13.7. The van der Waals surface area contributed by atoms with E-state index >= 15 is 0 Å². The van der Waals surface area contributed by atoms with E-state index in [2.05, 4.69) is 23.3 Å². The number of benzene rings is 2. The summed E-state index contributed by atoms with van der Waals surface area (Å²) in [6.45, 7) is 0. The van der Waals surface area contributed by atoms with Crippen LogP contribution in [0.4, 0.5) is 0 Å². The molecule has 0 fully saturated rings. The number of thiol groups is 1. The van der Waals surface area contributed by atoms with Gasteiger partial charge < -0.3 is 26.6 Å². The van der Waals surface area contributed by atoms with Crippen LogP contribution >= 0.6 is 12.6 Å². The Balaban J connectivity index is 2.17. The summed E-state index contributed by atoms with van der Waals surface area (Å²) in [4.78, 5) is 36.8. The zero-order chi connectivity index (χ0) is 22.1. The third kappa shape index (κ3) is 7.09. The van der Waals surface area contributed by atoms with Crippen molar-refractivity contribution < 1.29 is 24.6 Å². The number of phenols is 1. The lowest BCUT2D eigenvalue weighted by Gasteiger charge is -2.23. The van der Waals surface area contributed by atoms with Gasteiger partial charge in [-0.1, -0.05) is 42.5 Å². The molecule has 0 saturated carbocycles. The molecular weight excluding hydrogens is 406 g/mol. The third-order valence-corrected chi connectivity index (χ3v) is 4.83. The minimum absolute atomic E-state index is 0.0645. The van der Waals surface area contributed by atoms with Crippen LogP contribution in [0.3, 0.4) is 0 Å². The second-order valence-electron chi connectivity index (χ2n) is 6.81. The first-order chi connectivity index (χ1) is 14.3. The molecule has 0 aliphatic rings. The maximum Gasteiger partial charge on any atom is 0.326 e. The van der Waals surface area contributed by atoms with Crippen LogP contribution < -0.4 is 16.4 Å². The molecule has 30 heavy (non-hydrogen) atoms. The van der Waals surface area contributed by atoms with Crippen LogP contribution in [-0.4, -0.2) is 51.9 Å². The molecule has 0 spiro atoms. The van der Waals surface area contributed by atoms with Crippen molar-refractivity contribution in [1.82, 2.24) is 10.6 Å². The first-order valence-corrected chi connectivity index (χ1v) is 9.95. The third-order valence-electron chi connectivity index (χ3n) is 4.44. The number of nitrogens with two attached hydrogens (primary N) is 1. The number of hydrogen-bond donors (Lipinski definition) is 6. The zero-order valence-electron chi connectivity index (χ0n) is 16.2. The molecular formula is C21H25N3O5S. The van der Waals surface area contributed by atoms with Crippen molar-refractivity contribution in [2.45, 2.75) is 31.0 Å². The summed E-state index contributed by atoms with van der Waals surface area (Å²) in [5, 5.41) is 24.0. The van der Waals surface area contributed by atoms with Gasteiger partial charge in [0.1, 0.15) is 17.8 Å². The van der Waals surface area contributed by atoms with E-state index in [0.29, 0.717) is 5.56 Å². The number of carboxylic acid groups (broad SMARTS) is 1. The number of amides is 2. The van der Waals surface area contributed by atoms with Gasteiger partial charge in [-0.2, -0.15) is 12.6 Å².